The summed E-state index contributed by atoms with van der Waals surface area (Å²) in [4.78, 5) is 24.6. The first-order chi connectivity index (χ1) is 13.0. The number of rotatable bonds is 7. The molecule has 0 aliphatic rings. The standard InChI is InChI=1S/C19H18ClN3O4/c1-12(18(25)23-14-7-6-13(11-21)16(20)10-14)27-19(26)15-4-2-3-5-17(15)22-8-9-24/h2-7,10,12,22,24H,8-9H2,1H3,(H,23,25)/t12-/m1/s1. The van der Waals surface area contributed by atoms with Crippen LogP contribution in [0.1, 0.15) is 22.8 Å². The average Bonchev–Trinajstić information content (AvgIpc) is 2.66. The number of ether oxygens (including phenoxy) is 1. The van der Waals surface area contributed by atoms with Crippen molar-refractivity contribution in [2.75, 3.05) is 23.8 Å². The van der Waals surface area contributed by atoms with Gasteiger partial charge in [0.25, 0.3) is 5.91 Å². The first-order valence-electron chi connectivity index (χ1n) is 8.11. The molecule has 140 valence electrons. The lowest BCUT2D eigenvalue weighted by Gasteiger charge is -2.15. The Kier molecular flexibility index (Phi) is 7.17. The van der Waals surface area contributed by atoms with Crippen LogP contribution in [0, 0.1) is 11.3 Å². The monoisotopic (exact) mass is 387 g/mol. The third kappa shape index (κ3) is 5.45. The van der Waals surface area contributed by atoms with E-state index in [1.807, 2.05) is 6.07 Å². The van der Waals surface area contributed by atoms with Gasteiger partial charge in [0.15, 0.2) is 6.10 Å². The molecule has 0 unspecified atom stereocenters. The highest BCUT2D eigenvalue weighted by Gasteiger charge is 2.21. The molecule has 2 rings (SSSR count). The van der Waals surface area contributed by atoms with Gasteiger partial charge >= 0.3 is 5.97 Å². The molecule has 0 saturated heterocycles. The van der Waals surface area contributed by atoms with Gasteiger partial charge in [-0.3, -0.25) is 4.79 Å². The molecule has 0 aliphatic carbocycles. The zero-order valence-electron chi connectivity index (χ0n) is 14.5. The number of nitrogens with one attached hydrogen (secondary N) is 2. The van der Waals surface area contributed by atoms with Crippen LogP contribution in [-0.4, -0.2) is 36.2 Å². The number of anilines is 2. The molecule has 8 heteroatoms. The molecule has 1 atom stereocenters. The second-order valence-corrected chi connectivity index (χ2v) is 5.95. The van der Waals surface area contributed by atoms with Crippen LogP contribution in [0.15, 0.2) is 42.5 Å². The Hall–Kier alpha value is -3.08. The summed E-state index contributed by atoms with van der Waals surface area (Å²) in [7, 11) is 0. The first-order valence-corrected chi connectivity index (χ1v) is 8.49. The summed E-state index contributed by atoms with van der Waals surface area (Å²) >= 11 is 5.93. The smallest absolute Gasteiger partial charge is 0.341 e. The van der Waals surface area contributed by atoms with E-state index in [9.17, 15) is 9.59 Å². The van der Waals surface area contributed by atoms with Crippen molar-refractivity contribution >= 4 is 34.9 Å². The Bertz CT molecular complexity index is 879. The maximum absolute atomic E-state index is 12.4. The van der Waals surface area contributed by atoms with Crippen molar-refractivity contribution in [2.45, 2.75) is 13.0 Å². The summed E-state index contributed by atoms with van der Waals surface area (Å²) in [6.07, 6.45) is -1.06. The van der Waals surface area contributed by atoms with Crippen molar-refractivity contribution < 1.29 is 19.4 Å². The summed E-state index contributed by atoms with van der Waals surface area (Å²) in [6.45, 7) is 1.64. The minimum Gasteiger partial charge on any atom is -0.449 e. The van der Waals surface area contributed by atoms with Gasteiger partial charge in [0.05, 0.1) is 22.8 Å². The number of hydrogen-bond acceptors (Lipinski definition) is 6. The fourth-order valence-electron chi connectivity index (χ4n) is 2.21. The lowest BCUT2D eigenvalue weighted by atomic mass is 10.1. The van der Waals surface area contributed by atoms with E-state index in [0.717, 1.165) is 0 Å². The molecule has 0 heterocycles. The Morgan fingerprint density at radius 3 is 2.70 bits per heavy atom. The second kappa shape index (κ2) is 9.57. The predicted molar refractivity (Wildman–Crippen MR) is 102 cm³/mol. The molecular weight excluding hydrogens is 370 g/mol. The molecule has 0 aliphatic heterocycles. The van der Waals surface area contributed by atoms with E-state index in [-0.39, 0.29) is 23.7 Å². The van der Waals surface area contributed by atoms with Crippen molar-refractivity contribution in [3.63, 3.8) is 0 Å². The lowest BCUT2D eigenvalue weighted by molar-refractivity contribution is -0.123. The van der Waals surface area contributed by atoms with Gasteiger partial charge in [-0.05, 0) is 37.3 Å². The molecule has 0 spiro atoms. The van der Waals surface area contributed by atoms with E-state index >= 15 is 0 Å². The van der Waals surface area contributed by atoms with E-state index in [2.05, 4.69) is 10.6 Å². The number of amides is 1. The van der Waals surface area contributed by atoms with E-state index < -0.39 is 18.0 Å². The summed E-state index contributed by atoms with van der Waals surface area (Å²) in [6, 6.07) is 13.0. The molecule has 0 fully saturated rings. The average molecular weight is 388 g/mol. The topological polar surface area (TPSA) is 111 Å². The van der Waals surface area contributed by atoms with E-state index in [0.29, 0.717) is 16.9 Å². The maximum Gasteiger partial charge on any atom is 0.341 e. The van der Waals surface area contributed by atoms with Gasteiger partial charge in [-0.1, -0.05) is 23.7 Å². The van der Waals surface area contributed by atoms with Gasteiger partial charge in [-0.2, -0.15) is 5.26 Å². The van der Waals surface area contributed by atoms with Gasteiger partial charge in [0.1, 0.15) is 6.07 Å². The molecule has 0 aromatic heterocycles. The third-order valence-electron chi connectivity index (χ3n) is 3.58. The predicted octanol–water partition coefficient (Wildman–Crippen LogP) is 2.80. The van der Waals surface area contributed by atoms with E-state index in [1.165, 1.54) is 25.1 Å². The van der Waals surface area contributed by atoms with Gasteiger partial charge < -0.3 is 20.5 Å². The van der Waals surface area contributed by atoms with Crippen LogP contribution in [0.25, 0.3) is 0 Å². The molecule has 0 saturated carbocycles. The molecule has 3 N–H and O–H groups in total. The quantitative estimate of drug-likeness (QED) is 0.630. The fraction of sp³-hybridized carbons (Fsp3) is 0.211. The van der Waals surface area contributed by atoms with Crippen molar-refractivity contribution in [1.82, 2.24) is 0 Å². The summed E-state index contributed by atoms with van der Waals surface area (Å²) < 4.78 is 5.23. The largest absolute Gasteiger partial charge is 0.449 e. The number of hydrogen-bond donors (Lipinski definition) is 3. The number of nitrogens with zero attached hydrogens (tertiary/aromatic N) is 1. The number of carbonyl (C=O) groups excluding carboxylic acids is 2. The number of halogens is 1. The molecule has 7 nitrogen and oxygen atoms in total. The van der Waals surface area contributed by atoms with Crippen LogP contribution in [0.2, 0.25) is 5.02 Å². The summed E-state index contributed by atoms with van der Waals surface area (Å²) in [5, 5.41) is 23.5. The van der Waals surface area contributed by atoms with Crippen LogP contribution in [0.4, 0.5) is 11.4 Å². The molecule has 2 aromatic carbocycles. The van der Waals surface area contributed by atoms with Crippen LogP contribution in [0.3, 0.4) is 0 Å². The normalized spacial score (nSPS) is 11.2. The van der Waals surface area contributed by atoms with Gasteiger partial charge in [-0.15, -0.1) is 0 Å². The number of benzene rings is 2. The van der Waals surface area contributed by atoms with Crippen molar-refractivity contribution in [1.29, 1.82) is 5.26 Å². The number of carbonyl (C=O) groups is 2. The minimum absolute atomic E-state index is 0.0880. The minimum atomic E-state index is -1.06. The van der Waals surface area contributed by atoms with Crippen molar-refractivity contribution in [3.8, 4) is 6.07 Å². The van der Waals surface area contributed by atoms with Gasteiger partial charge in [0.2, 0.25) is 0 Å². The lowest BCUT2D eigenvalue weighted by Crippen LogP contribution is -2.30. The van der Waals surface area contributed by atoms with Crippen LogP contribution < -0.4 is 10.6 Å². The first kappa shape index (κ1) is 20.2. The van der Waals surface area contributed by atoms with Crippen molar-refractivity contribution in [3.05, 3.63) is 58.6 Å². The fourth-order valence-corrected chi connectivity index (χ4v) is 2.43. The zero-order valence-corrected chi connectivity index (χ0v) is 15.3. The summed E-state index contributed by atoms with van der Waals surface area (Å²) in [5.74, 6) is -1.21. The highest BCUT2D eigenvalue weighted by atomic mass is 35.5. The van der Waals surface area contributed by atoms with Crippen LogP contribution >= 0.6 is 11.6 Å². The van der Waals surface area contributed by atoms with Crippen molar-refractivity contribution in [2.24, 2.45) is 0 Å². The molecule has 0 bridgehead atoms. The number of aliphatic hydroxyl groups is 1. The molecule has 0 radical (unpaired) electrons. The van der Waals surface area contributed by atoms with Gasteiger partial charge in [-0.25, -0.2) is 4.79 Å². The number of para-hydroxylation sites is 1. The van der Waals surface area contributed by atoms with Crippen LogP contribution in [0.5, 0.6) is 0 Å². The Labute approximate surface area is 161 Å². The van der Waals surface area contributed by atoms with E-state index in [4.69, 9.17) is 26.7 Å². The Balaban J connectivity index is 2.03. The maximum atomic E-state index is 12.4. The van der Waals surface area contributed by atoms with E-state index in [1.54, 1.807) is 24.3 Å². The SMILES string of the molecule is C[C@@H](OC(=O)c1ccccc1NCCO)C(=O)Nc1ccc(C#N)c(Cl)c1. The number of nitriles is 1. The third-order valence-corrected chi connectivity index (χ3v) is 3.90. The molecule has 27 heavy (non-hydrogen) atoms. The summed E-state index contributed by atoms with van der Waals surface area (Å²) in [5.41, 5.74) is 1.44. The highest BCUT2D eigenvalue weighted by Crippen LogP contribution is 2.21. The Morgan fingerprint density at radius 1 is 1.30 bits per heavy atom. The van der Waals surface area contributed by atoms with Crippen LogP contribution in [-0.2, 0) is 9.53 Å². The van der Waals surface area contributed by atoms with Gasteiger partial charge in [0, 0.05) is 17.9 Å². The number of aliphatic hydroxyl groups excluding tert-OH is 1. The zero-order chi connectivity index (χ0) is 19.8. The molecular formula is C19H18ClN3O4. The second-order valence-electron chi connectivity index (χ2n) is 5.54. The highest BCUT2D eigenvalue weighted by molar-refractivity contribution is 6.32. The molecule has 2 aromatic rings. The molecule has 1 amide bonds. The number of esters is 1. The Morgan fingerprint density at radius 2 is 2.04 bits per heavy atom.